The van der Waals surface area contributed by atoms with Crippen LogP contribution in [0.4, 0.5) is 0 Å². The molecule has 1 saturated carbocycles. The number of nitrogens with zero attached hydrogens (tertiary/aromatic N) is 4. The van der Waals surface area contributed by atoms with Crippen LogP contribution >= 0.6 is 0 Å². The fourth-order valence-electron chi connectivity index (χ4n) is 4.42. The van der Waals surface area contributed by atoms with Gasteiger partial charge in [-0.3, -0.25) is 14.3 Å². The molecule has 1 aliphatic heterocycles. The maximum atomic E-state index is 12.5. The van der Waals surface area contributed by atoms with Gasteiger partial charge in [0.05, 0.1) is 0 Å². The number of carbonyl (C=O) groups excluding carboxylic acids is 2. The summed E-state index contributed by atoms with van der Waals surface area (Å²) in [6, 6.07) is 10.3. The van der Waals surface area contributed by atoms with Gasteiger partial charge < -0.3 is 10.2 Å². The number of hydrogen-bond donors (Lipinski definition) is 1. The Bertz CT molecular complexity index is 839. The molecule has 0 bridgehead atoms. The number of likely N-dealkylation sites (tertiary alicyclic amines) is 1. The van der Waals surface area contributed by atoms with E-state index >= 15 is 0 Å². The molecule has 7 heteroatoms. The number of piperidine rings is 1. The number of rotatable bonds is 5. The fourth-order valence-corrected chi connectivity index (χ4v) is 4.42. The van der Waals surface area contributed by atoms with Gasteiger partial charge in [0, 0.05) is 32.6 Å². The average molecular weight is 381 g/mol. The van der Waals surface area contributed by atoms with E-state index in [0.29, 0.717) is 19.5 Å². The molecule has 28 heavy (non-hydrogen) atoms. The third-order valence-corrected chi connectivity index (χ3v) is 6.33. The molecule has 1 aliphatic carbocycles. The number of hydrogen-bond acceptors (Lipinski definition) is 4. The lowest BCUT2D eigenvalue weighted by Crippen LogP contribution is -2.59. The van der Waals surface area contributed by atoms with Gasteiger partial charge in [0.15, 0.2) is 0 Å². The highest BCUT2D eigenvalue weighted by atomic mass is 16.2. The Balaban J connectivity index is 1.27. The second kappa shape index (κ2) is 7.73. The normalized spacial score (nSPS) is 20.6. The van der Waals surface area contributed by atoms with Gasteiger partial charge in [-0.15, -0.1) is 5.10 Å². The molecule has 1 N–H and O–H groups in total. The van der Waals surface area contributed by atoms with Gasteiger partial charge >= 0.3 is 0 Å². The monoisotopic (exact) mass is 381 g/mol. The molecule has 1 atom stereocenters. The largest absolute Gasteiger partial charge is 0.353 e. The van der Waals surface area contributed by atoms with Crippen LogP contribution in [0.25, 0.3) is 0 Å². The van der Waals surface area contributed by atoms with Crippen molar-refractivity contribution in [2.45, 2.75) is 44.6 Å². The van der Waals surface area contributed by atoms with Gasteiger partial charge in [0.1, 0.15) is 6.33 Å². The smallest absolute Gasteiger partial charge is 0.293 e. The van der Waals surface area contributed by atoms with Crippen molar-refractivity contribution in [3.8, 4) is 0 Å². The summed E-state index contributed by atoms with van der Waals surface area (Å²) in [5.74, 6) is 0.292. The maximum absolute atomic E-state index is 12.5. The minimum Gasteiger partial charge on any atom is -0.353 e. The van der Waals surface area contributed by atoms with Crippen LogP contribution in [0, 0.1) is 5.41 Å². The Morgan fingerprint density at radius 1 is 1.18 bits per heavy atom. The van der Waals surface area contributed by atoms with Crippen molar-refractivity contribution in [2.24, 2.45) is 12.5 Å². The third kappa shape index (κ3) is 3.79. The lowest BCUT2D eigenvalue weighted by molar-refractivity contribution is -0.125. The zero-order valence-corrected chi connectivity index (χ0v) is 16.3. The summed E-state index contributed by atoms with van der Waals surface area (Å²) in [6.07, 6.45) is 6.85. The highest BCUT2D eigenvalue weighted by Gasteiger charge is 2.49. The van der Waals surface area contributed by atoms with Crippen LogP contribution in [0.15, 0.2) is 36.7 Å². The minimum atomic E-state index is -0.0989. The van der Waals surface area contributed by atoms with E-state index < -0.39 is 0 Å². The highest BCUT2D eigenvalue weighted by molar-refractivity contribution is 5.90. The van der Waals surface area contributed by atoms with Gasteiger partial charge in [-0.25, -0.2) is 4.98 Å². The molecule has 2 amide bonds. The standard InChI is InChI=1S/C21H27N5O2/c1-25-15-22-19(24-25)20(28)26-13-11-21(12-14-26)10-9-17(21)23-18(27)8-7-16-5-3-2-4-6-16/h2-6,15,17H,7-14H2,1H3,(H,23,27). The van der Waals surface area contributed by atoms with E-state index in [4.69, 9.17) is 0 Å². The lowest BCUT2D eigenvalue weighted by atomic mass is 9.59. The maximum Gasteiger partial charge on any atom is 0.293 e. The van der Waals surface area contributed by atoms with Crippen LogP contribution in [0.2, 0.25) is 0 Å². The first-order valence-corrected chi connectivity index (χ1v) is 10.0. The van der Waals surface area contributed by atoms with Crippen LogP contribution in [0.5, 0.6) is 0 Å². The Kier molecular flexibility index (Phi) is 5.15. The number of aromatic nitrogens is 3. The molecule has 4 rings (SSSR count). The Morgan fingerprint density at radius 2 is 1.93 bits per heavy atom. The molecule has 2 heterocycles. The lowest BCUT2D eigenvalue weighted by Gasteiger charge is -2.54. The number of nitrogens with one attached hydrogen (secondary N) is 1. The quantitative estimate of drug-likeness (QED) is 0.858. The Hall–Kier alpha value is -2.70. The van der Waals surface area contributed by atoms with Crippen LogP contribution in [0.3, 0.4) is 0 Å². The number of benzene rings is 1. The topological polar surface area (TPSA) is 80.1 Å². The molecule has 148 valence electrons. The van der Waals surface area contributed by atoms with Crippen molar-refractivity contribution in [3.05, 3.63) is 48.0 Å². The zero-order chi connectivity index (χ0) is 19.6. The van der Waals surface area contributed by atoms with Crippen molar-refractivity contribution in [1.29, 1.82) is 0 Å². The second-order valence-electron chi connectivity index (χ2n) is 8.04. The molecule has 1 aromatic carbocycles. The van der Waals surface area contributed by atoms with E-state index in [9.17, 15) is 9.59 Å². The number of carbonyl (C=O) groups is 2. The van der Waals surface area contributed by atoms with Crippen molar-refractivity contribution in [2.75, 3.05) is 13.1 Å². The van der Waals surface area contributed by atoms with Crippen LogP contribution in [-0.4, -0.2) is 50.6 Å². The predicted octanol–water partition coefficient (Wildman–Crippen LogP) is 1.95. The molecule has 1 unspecified atom stereocenters. The summed E-state index contributed by atoms with van der Waals surface area (Å²) in [5.41, 5.74) is 1.34. The summed E-state index contributed by atoms with van der Waals surface area (Å²) < 4.78 is 1.55. The summed E-state index contributed by atoms with van der Waals surface area (Å²) in [6.45, 7) is 1.40. The Morgan fingerprint density at radius 3 is 2.54 bits per heavy atom. The van der Waals surface area contributed by atoms with Gasteiger partial charge in [-0.1, -0.05) is 30.3 Å². The van der Waals surface area contributed by atoms with E-state index in [-0.39, 0.29) is 29.1 Å². The molecule has 2 fully saturated rings. The summed E-state index contributed by atoms with van der Waals surface area (Å²) in [7, 11) is 1.76. The van der Waals surface area contributed by atoms with Gasteiger partial charge in [-0.2, -0.15) is 0 Å². The van der Waals surface area contributed by atoms with E-state index in [1.165, 1.54) is 5.56 Å². The summed E-state index contributed by atoms with van der Waals surface area (Å²) in [5, 5.41) is 7.37. The van der Waals surface area contributed by atoms with Gasteiger partial charge in [0.2, 0.25) is 11.7 Å². The molecule has 0 radical (unpaired) electrons. The summed E-state index contributed by atoms with van der Waals surface area (Å²) in [4.78, 5) is 30.8. The molecule has 1 aromatic heterocycles. The van der Waals surface area contributed by atoms with Gasteiger partial charge in [0.25, 0.3) is 5.91 Å². The fraction of sp³-hybridized carbons (Fsp3) is 0.524. The predicted molar refractivity (Wildman–Crippen MR) is 105 cm³/mol. The zero-order valence-electron chi connectivity index (χ0n) is 16.3. The van der Waals surface area contributed by atoms with Crippen LogP contribution < -0.4 is 5.32 Å². The van der Waals surface area contributed by atoms with Crippen molar-refractivity contribution in [1.82, 2.24) is 25.0 Å². The molecular weight excluding hydrogens is 354 g/mol. The average Bonchev–Trinajstić information content (AvgIpc) is 3.16. The van der Waals surface area contributed by atoms with Crippen molar-refractivity contribution >= 4 is 11.8 Å². The van der Waals surface area contributed by atoms with Crippen molar-refractivity contribution in [3.63, 3.8) is 0 Å². The molecular formula is C21H27N5O2. The first-order chi connectivity index (χ1) is 13.6. The first kappa shape index (κ1) is 18.7. The first-order valence-electron chi connectivity index (χ1n) is 10.0. The molecule has 2 aromatic rings. The van der Waals surface area contributed by atoms with E-state index in [1.807, 2.05) is 23.1 Å². The number of amides is 2. The third-order valence-electron chi connectivity index (χ3n) is 6.33. The van der Waals surface area contributed by atoms with Gasteiger partial charge in [-0.05, 0) is 43.1 Å². The highest BCUT2D eigenvalue weighted by Crippen LogP contribution is 2.49. The minimum absolute atomic E-state index is 0.0989. The molecule has 2 aliphatic rings. The summed E-state index contributed by atoms with van der Waals surface area (Å²) >= 11 is 0. The molecule has 7 nitrogen and oxygen atoms in total. The Labute approximate surface area is 165 Å². The van der Waals surface area contributed by atoms with Crippen molar-refractivity contribution < 1.29 is 9.59 Å². The molecule has 1 spiro atoms. The van der Waals surface area contributed by atoms with E-state index in [1.54, 1.807) is 18.1 Å². The SMILES string of the molecule is Cn1cnc(C(=O)N2CCC3(CCC3NC(=O)CCc3ccccc3)CC2)n1. The van der Waals surface area contributed by atoms with E-state index in [0.717, 1.165) is 32.1 Å². The number of aryl methyl sites for hydroxylation is 2. The van der Waals surface area contributed by atoms with E-state index in [2.05, 4.69) is 27.5 Å². The second-order valence-corrected chi connectivity index (χ2v) is 8.04. The van der Waals surface area contributed by atoms with Crippen LogP contribution in [-0.2, 0) is 18.3 Å². The molecule has 1 saturated heterocycles. The van der Waals surface area contributed by atoms with Crippen LogP contribution in [0.1, 0.15) is 48.3 Å².